The summed E-state index contributed by atoms with van der Waals surface area (Å²) in [6, 6.07) is 6.94. The first-order valence-corrected chi connectivity index (χ1v) is 24.3. The Kier molecular flexibility index (Phi) is 20.7. The van der Waals surface area contributed by atoms with Gasteiger partial charge in [0.1, 0.15) is 17.7 Å². The number of carbonyl (C=O) groups excluding carboxylic acids is 7. The van der Waals surface area contributed by atoms with E-state index in [9.17, 15) is 33.6 Å². The van der Waals surface area contributed by atoms with Crippen LogP contribution in [0.5, 0.6) is 0 Å². The number of hydrogen-bond acceptors (Lipinski definition) is 12. The van der Waals surface area contributed by atoms with Crippen LogP contribution in [-0.4, -0.2) is 156 Å². The van der Waals surface area contributed by atoms with Crippen LogP contribution in [-0.2, 0) is 44.6 Å². The minimum atomic E-state index is -1.18. The predicted octanol–water partition coefficient (Wildman–Crippen LogP) is 5.29. The molecule has 0 radical (unpaired) electrons. The van der Waals surface area contributed by atoms with Crippen LogP contribution in [0.3, 0.4) is 0 Å². The first-order valence-electron chi connectivity index (χ1n) is 24.3. The quantitative estimate of drug-likeness (QED) is 0.129. The monoisotopic (exact) mass is 964 g/mol. The number of pyridine rings is 1. The predicted molar refractivity (Wildman–Crippen MR) is 258 cm³/mol. The van der Waals surface area contributed by atoms with E-state index in [-0.39, 0.29) is 54.5 Å². The van der Waals surface area contributed by atoms with Gasteiger partial charge in [-0.3, -0.25) is 43.5 Å². The molecule has 1 aromatic carbocycles. The number of amides is 7. The first-order chi connectivity index (χ1) is 32.6. The normalized spacial score (nSPS) is 18.0. The van der Waals surface area contributed by atoms with E-state index in [0.29, 0.717) is 37.4 Å². The number of hydroxylamine groups is 2. The summed E-state index contributed by atoms with van der Waals surface area (Å²) in [4.78, 5) is 111. The number of likely N-dealkylation sites (N-methyl/N-ethyl adjacent to an activating group) is 1. The van der Waals surface area contributed by atoms with Crippen molar-refractivity contribution in [1.82, 2.24) is 35.4 Å². The topological polar surface area (TPSA) is 206 Å². The second-order valence-electron chi connectivity index (χ2n) is 19.9. The number of ether oxygens (including phenoxy) is 3. The van der Waals surface area contributed by atoms with Crippen molar-refractivity contribution in [3.8, 4) is 0 Å². The number of carbonyl (C=O) groups is 7. The number of rotatable bonds is 24. The summed E-state index contributed by atoms with van der Waals surface area (Å²) in [6.07, 6.45) is 3.92. The highest BCUT2D eigenvalue weighted by atomic mass is 16.7. The third-order valence-corrected chi connectivity index (χ3v) is 13.1. The molecule has 2 N–H and O–H groups in total. The van der Waals surface area contributed by atoms with Crippen LogP contribution in [0, 0.1) is 23.7 Å². The van der Waals surface area contributed by atoms with Crippen LogP contribution in [0.1, 0.15) is 121 Å². The zero-order chi connectivity index (χ0) is 51.3. The van der Waals surface area contributed by atoms with Crippen LogP contribution in [0.4, 0.5) is 4.79 Å². The summed E-state index contributed by atoms with van der Waals surface area (Å²) < 4.78 is 17.8. The molecule has 2 aliphatic heterocycles. The Labute approximate surface area is 408 Å². The molecule has 0 spiro atoms. The van der Waals surface area contributed by atoms with Gasteiger partial charge < -0.3 is 34.6 Å². The fraction of sp³-hybridized carbons (Fsp3) is 0.647. The maximum Gasteiger partial charge on any atom is 0.411 e. The first kappa shape index (κ1) is 56.1. The van der Waals surface area contributed by atoms with Gasteiger partial charge in [0.05, 0.1) is 60.9 Å². The van der Waals surface area contributed by atoms with Gasteiger partial charge in [-0.05, 0) is 87.6 Å². The van der Waals surface area contributed by atoms with Crippen LogP contribution < -0.4 is 10.6 Å². The average molecular weight is 964 g/mol. The van der Waals surface area contributed by atoms with Crippen LogP contribution in [0.15, 0.2) is 48.8 Å². The molecular weight excluding hydrogens is 887 g/mol. The highest BCUT2D eigenvalue weighted by molar-refractivity contribution is 6.20. The molecule has 1 fully saturated rings. The lowest BCUT2D eigenvalue weighted by atomic mass is 9.89. The van der Waals surface area contributed by atoms with Crippen molar-refractivity contribution in [2.75, 3.05) is 47.5 Å². The van der Waals surface area contributed by atoms with Crippen molar-refractivity contribution >= 4 is 41.5 Å². The number of aromatic nitrogens is 1. The summed E-state index contributed by atoms with van der Waals surface area (Å²) in [7, 11) is 4.72. The van der Waals surface area contributed by atoms with Gasteiger partial charge in [-0.15, -0.1) is 5.06 Å². The molecule has 1 saturated heterocycles. The molecule has 8 atom stereocenters. The molecule has 0 aliphatic carbocycles. The van der Waals surface area contributed by atoms with Gasteiger partial charge in [0, 0.05) is 46.8 Å². The Balaban J connectivity index is 1.50. The molecule has 0 saturated carbocycles. The minimum absolute atomic E-state index is 0.0513. The number of nitrogens with one attached hydrogen (secondary N) is 2. The summed E-state index contributed by atoms with van der Waals surface area (Å²) in [6.45, 7) is 18.3. The Hall–Kier alpha value is -5.46. The fourth-order valence-corrected chi connectivity index (χ4v) is 9.30. The lowest BCUT2D eigenvalue weighted by molar-refractivity contribution is -0.148. The van der Waals surface area contributed by atoms with E-state index in [1.165, 1.54) is 24.1 Å². The number of imide groups is 1. The van der Waals surface area contributed by atoms with Gasteiger partial charge in [0.15, 0.2) is 0 Å². The Bertz CT molecular complexity index is 2040. The molecule has 2 aliphatic rings. The average Bonchev–Trinajstić information content (AvgIpc) is 3.88. The van der Waals surface area contributed by atoms with Crippen molar-refractivity contribution in [3.05, 3.63) is 65.5 Å². The largest absolute Gasteiger partial charge is 0.444 e. The summed E-state index contributed by atoms with van der Waals surface area (Å²) >= 11 is 0. The lowest BCUT2D eigenvalue weighted by Gasteiger charge is -2.41. The standard InChI is InChI=1S/C51H77N7O11/c1-14-33(6)43(39(66-12)30-40(59)56-27-17-20-38(56)44(67-13)34(7)45(60)53-26-23-35-21-24-52-25-22-35)55(11)49(64)41(31(2)3)54-46(61)42(32(4)5)57(50(65)69-51(8,9)10)28-29-68-58-47(62)36-18-15-16-19-37(36)48(58)63/h15-16,18-19,21-22,24-25,31-34,38-39,41-44H,14,17,20,23,26-30H2,1-13H3,(H,53,60)(H,54,61)/t33-,34+,38-,39+,41-,42-,43-,44+/m0/s1. The van der Waals surface area contributed by atoms with Gasteiger partial charge in [-0.25, -0.2) is 4.79 Å². The number of fused-ring (bicyclic) bond motifs is 1. The van der Waals surface area contributed by atoms with E-state index in [1.54, 1.807) is 96.9 Å². The Morgan fingerprint density at radius 3 is 2.04 bits per heavy atom. The van der Waals surface area contributed by atoms with E-state index in [0.717, 1.165) is 12.0 Å². The van der Waals surface area contributed by atoms with E-state index in [4.69, 9.17) is 19.0 Å². The molecule has 2 aromatic rings. The molecule has 0 bridgehead atoms. The number of hydrogen-bond donors (Lipinski definition) is 2. The zero-order valence-electron chi connectivity index (χ0n) is 43.0. The fourth-order valence-electron chi connectivity index (χ4n) is 9.30. The number of likely N-dealkylation sites (tertiary alicyclic amines) is 1. The maximum absolute atomic E-state index is 14.8. The number of benzene rings is 1. The van der Waals surface area contributed by atoms with Crippen molar-refractivity contribution in [2.24, 2.45) is 23.7 Å². The van der Waals surface area contributed by atoms with E-state index in [2.05, 4.69) is 15.6 Å². The molecule has 18 heteroatoms. The van der Waals surface area contributed by atoms with E-state index in [1.807, 2.05) is 32.9 Å². The lowest BCUT2D eigenvalue weighted by Crippen LogP contribution is -2.61. The maximum atomic E-state index is 14.8. The number of methoxy groups -OCH3 is 2. The second kappa shape index (κ2) is 25.4. The second-order valence-corrected chi connectivity index (χ2v) is 19.9. The van der Waals surface area contributed by atoms with Gasteiger partial charge in [0.25, 0.3) is 11.8 Å². The Morgan fingerprint density at radius 1 is 0.884 bits per heavy atom. The molecule has 7 amide bonds. The highest BCUT2D eigenvalue weighted by Gasteiger charge is 2.44. The van der Waals surface area contributed by atoms with Gasteiger partial charge in [-0.1, -0.05) is 67.0 Å². The summed E-state index contributed by atoms with van der Waals surface area (Å²) in [5.41, 5.74) is 0.491. The van der Waals surface area contributed by atoms with Crippen molar-refractivity contribution in [3.63, 3.8) is 0 Å². The van der Waals surface area contributed by atoms with Crippen molar-refractivity contribution in [1.29, 1.82) is 0 Å². The Morgan fingerprint density at radius 2 is 1.51 bits per heavy atom. The zero-order valence-corrected chi connectivity index (χ0v) is 43.0. The van der Waals surface area contributed by atoms with Gasteiger partial charge >= 0.3 is 6.09 Å². The molecule has 3 heterocycles. The third-order valence-electron chi connectivity index (χ3n) is 13.1. The highest BCUT2D eigenvalue weighted by Crippen LogP contribution is 2.30. The van der Waals surface area contributed by atoms with Crippen molar-refractivity contribution < 1.29 is 52.6 Å². The van der Waals surface area contributed by atoms with Crippen LogP contribution in [0.25, 0.3) is 0 Å². The summed E-state index contributed by atoms with van der Waals surface area (Å²) in [5.74, 6) is -4.30. The molecule has 1 aromatic heterocycles. The molecule has 382 valence electrons. The van der Waals surface area contributed by atoms with Crippen LogP contribution >= 0.6 is 0 Å². The summed E-state index contributed by atoms with van der Waals surface area (Å²) in [5, 5.41) is 6.61. The molecule has 4 rings (SSSR count). The van der Waals surface area contributed by atoms with Gasteiger partial charge in [-0.2, -0.15) is 0 Å². The number of nitrogens with zero attached hydrogens (tertiary/aromatic N) is 5. The SMILES string of the molecule is CC[C@H](C)[C@@H]([C@@H](CC(=O)N1CCC[C@H]1[C@H](OC)[C@@H](C)C(=O)NCCc1ccncc1)OC)N(C)C(=O)[C@@H](NC(=O)[C@H](C(C)C)N(CCON1C(=O)c2ccccc2C1=O)C(=O)OC(C)(C)C)C(C)C. The van der Waals surface area contributed by atoms with E-state index < -0.39 is 83.4 Å². The van der Waals surface area contributed by atoms with Crippen LogP contribution in [0.2, 0.25) is 0 Å². The van der Waals surface area contributed by atoms with E-state index >= 15 is 0 Å². The third kappa shape index (κ3) is 14.3. The molecule has 18 nitrogen and oxygen atoms in total. The molecule has 0 unspecified atom stereocenters. The minimum Gasteiger partial charge on any atom is -0.444 e. The molecular formula is C51H77N7O11. The molecule has 69 heavy (non-hydrogen) atoms. The smallest absolute Gasteiger partial charge is 0.411 e. The van der Waals surface area contributed by atoms with Crippen molar-refractivity contribution in [2.45, 2.75) is 143 Å². The van der Waals surface area contributed by atoms with Gasteiger partial charge in [0.2, 0.25) is 23.6 Å².